The van der Waals surface area contributed by atoms with Crippen LogP contribution in [0.5, 0.6) is 0 Å². The van der Waals surface area contributed by atoms with E-state index in [9.17, 15) is 4.79 Å². The summed E-state index contributed by atoms with van der Waals surface area (Å²) in [6.07, 6.45) is 4.21. The van der Waals surface area contributed by atoms with Crippen LogP contribution in [0.4, 0.5) is 0 Å². The summed E-state index contributed by atoms with van der Waals surface area (Å²) in [6, 6.07) is 8.93. The number of nitriles is 1. The van der Waals surface area contributed by atoms with Gasteiger partial charge in [-0.25, -0.2) is 4.68 Å². The van der Waals surface area contributed by atoms with E-state index in [1.807, 2.05) is 6.07 Å². The second-order valence-corrected chi connectivity index (χ2v) is 2.75. The van der Waals surface area contributed by atoms with Gasteiger partial charge in [0.1, 0.15) is 17.5 Å². The second kappa shape index (κ2) is 3.23. The highest BCUT2D eigenvalue weighted by Crippen LogP contribution is 2.05. The van der Waals surface area contributed by atoms with E-state index in [1.165, 1.54) is 0 Å². The SMILES string of the molecule is N#Cc1cccn1-n1cccc1C=O. The molecule has 0 unspecified atom stereocenters. The van der Waals surface area contributed by atoms with Crippen molar-refractivity contribution in [1.29, 1.82) is 5.26 Å². The van der Waals surface area contributed by atoms with Crippen LogP contribution in [0.3, 0.4) is 0 Å². The van der Waals surface area contributed by atoms with Crippen LogP contribution < -0.4 is 0 Å². The maximum atomic E-state index is 10.7. The number of rotatable bonds is 2. The Balaban J connectivity index is 2.60. The molecule has 2 aromatic heterocycles. The Morgan fingerprint density at radius 1 is 1.21 bits per heavy atom. The van der Waals surface area contributed by atoms with Crippen LogP contribution >= 0.6 is 0 Å². The third kappa shape index (κ3) is 1.12. The minimum Gasteiger partial charge on any atom is -0.296 e. The Morgan fingerprint density at radius 2 is 1.93 bits per heavy atom. The van der Waals surface area contributed by atoms with Crippen molar-refractivity contribution in [2.24, 2.45) is 0 Å². The van der Waals surface area contributed by atoms with Crippen LogP contribution in [0.25, 0.3) is 0 Å². The van der Waals surface area contributed by atoms with Gasteiger partial charge in [-0.2, -0.15) is 5.26 Å². The van der Waals surface area contributed by atoms with Gasteiger partial charge in [0.15, 0.2) is 6.29 Å². The molecule has 0 aliphatic heterocycles. The first-order valence-corrected chi connectivity index (χ1v) is 4.07. The van der Waals surface area contributed by atoms with Gasteiger partial charge in [0.05, 0.1) is 0 Å². The van der Waals surface area contributed by atoms with E-state index in [-0.39, 0.29) is 0 Å². The van der Waals surface area contributed by atoms with Gasteiger partial charge in [-0.1, -0.05) is 0 Å². The fourth-order valence-electron chi connectivity index (χ4n) is 1.32. The Bertz CT molecular complexity index is 501. The lowest BCUT2D eigenvalue weighted by molar-refractivity contribution is 0.111. The molecule has 14 heavy (non-hydrogen) atoms. The largest absolute Gasteiger partial charge is 0.296 e. The zero-order valence-corrected chi connectivity index (χ0v) is 7.29. The fourth-order valence-corrected chi connectivity index (χ4v) is 1.32. The van der Waals surface area contributed by atoms with Crippen molar-refractivity contribution in [2.75, 3.05) is 0 Å². The lowest BCUT2D eigenvalue weighted by atomic mass is 10.5. The topological polar surface area (TPSA) is 50.7 Å². The molecule has 0 N–H and O–H groups in total. The highest BCUT2D eigenvalue weighted by molar-refractivity contribution is 5.72. The molecule has 0 spiro atoms. The number of aldehydes is 1. The molecule has 2 heterocycles. The summed E-state index contributed by atoms with van der Waals surface area (Å²) in [5.41, 5.74) is 1.00. The predicted molar refractivity (Wildman–Crippen MR) is 49.8 cm³/mol. The van der Waals surface area contributed by atoms with E-state index in [1.54, 1.807) is 46.0 Å². The van der Waals surface area contributed by atoms with E-state index >= 15 is 0 Å². The van der Waals surface area contributed by atoms with Gasteiger partial charge in [0, 0.05) is 12.4 Å². The minimum absolute atomic E-state index is 0.490. The lowest BCUT2D eigenvalue weighted by Gasteiger charge is -2.07. The summed E-state index contributed by atoms with van der Waals surface area (Å²) in [6.45, 7) is 0. The minimum atomic E-state index is 0.490. The summed E-state index contributed by atoms with van der Waals surface area (Å²) >= 11 is 0. The van der Waals surface area contributed by atoms with Crippen molar-refractivity contribution >= 4 is 6.29 Å². The normalized spacial score (nSPS) is 9.64. The molecule has 0 saturated heterocycles. The van der Waals surface area contributed by atoms with E-state index in [2.05, 4.69) is 0 Å². The van der Waals surface area contributed by atoms with Gasteiger partial charge in [-0.15, -0.1) is 0 Å². The van der Waals surface area contributed by atoms with Crippen LogP contribution in [0, 0.1) is 11.3 Å². The molecule has 0 aromatic carbocycles. The molecule has 0 aliphatic carbocycles. The molecule has 2 aromatic rings. The Kier molecular flexibility index (Phi) is 1.92. The first kappa shape index (κ1) is 8.32. The smallest absolute Gasteiger partial charge is 0.168 e. The molecule has 0 saturated carbocycles. The zero-order chi connectivity index (χ0) is 9.97. The molecule has 0 aliphatic rings. The van der Waals surface area contributed by atoms with Crippen LogP contribution in [-0.2, 0) is 0 Å². The highest BCUT2D eigenvalue weighted by Gasteiger charge is 2.04. The highest BCUT2D eigenvalue weighted by atomic mass is 16.1. The molecule has 0 bridgehead atoms. The molecule has 0 fully saturated rings. The van der Waals surface area contributed by atoms with Crippen LogP contribution in [0.2, 0.25) is 0 Å². The van der Waals surface area contributed by atoms with Gasteiger partial charge in [0.25, 0.3) is 0 Å². The molecule has 0 amide bonds. The Morgan fingerprint density at radius 3 is 2.64 bits per heavy atom. The summed E-state index contributed by atoms with van der Waals surface area (Å²) in [7, 11) is 0. The molecule has 0 radical (unpaired) electrons. The third-order valence-corrected chi connectivity index (χ3v) is 1.95. The Labute approximate surface area is 80.6 Å². The van der Waals surface area contributed by atoms with Gasteiger partial charge < -0.3 is 0 Å². The first-order chi connectivity index (χ1) is 6.86. The number of nitrogens with zero attached hydrogens (tertiary/aromatic N) is 3. The zero-order valence-electron chi connectivity index (χ0n) is 7.29. The van der Waals surface area contributed by atoms with E-state index < -0.39 is 0 Å². The second-order valence-electron chi connectivity index (χ2n) is 2.75. The van der Waals surface area contributed by atoms with E-state index in [4.69, 9.17) is 5.26 Å². The van der Waals surface area contributed by atoms with E-state index in [0.717, 1.165) is 6.29 Å². The maximum absolute atomic E-state index is 10.7. The number of hydrogen-bond acceptors (Lipinski definition) is 2. The van der Waals surface area contributed by atoms with Crippen molar-refractivity contribution in [1.82, 2.24) is 9.35 Å². The number of aromatic nitrogens is 2. The first-order valence-electron chi connectivity index (χ1n) is 4.07. The summed E-state index contributed by atoms with van der Waals surface area (Å²) in [4.78, 5) is 10.7. The van der Waals surface area contributed by atoms with Gasteiger partial charge in [-0.05, 0) is 24.3 Å². The molecular formula is C10H7N3O. The Hall–Kier alpha value is -2.28. The van der Waals surface area contributed by atoms with Crippen molar-refractivity contribution in [3.05, 3.63) is 48.0 Å². The molecule has 68 valence electrons. The molecule has 4 heteroatoms. The van der Waals surface area contributed by atoms with Crippen LogP contribution in [0.15, 0.2) is 36.7 Å². The van der Waals surface area contributed by atoms with Crippen LogP contribution in [0.1, 0.15) is 16.2 Å². The van der Waals surface area contributed by atoms with Crippen molar-refractivity contribution in [3.63, 3.8) is 0 Å². The molecular weight excluding hydrogens is 178 g/mol. The quantitative estimate of drug-likeness (QED) is 0.662. The number of carbonyl (C=O) groups excluding carboxylic acids is 1. The summed E-state index contributed by atoms with van der Waals surface area (Å²) in [5.74, 6) is 0. The molecule has 0 atom stereocenters. The maximum Gasteiger partial charge on any atom is 0.168 e. The van der Waals surface area contributed by atoms with Gasteiger partial charge in [-0.3, -0.25) is 9.47 Å². The molecule has 2 rings (SSSR count). The van der Waals surface area contributed by atoms with Gasteiger partial charge >= 0.3 is 0 Å². The average Bonchev–Trinajstić information content (AvgIpc) is 2.85. The van der Waals surface area contributed by atoms with Crippen molar-refractivity contribution in [2.45, 2.75) is 0 Å². The molecule has 4 nitrogen and oxygen atoms in total. The van der Waals surface area contributed by atoms with Crippen molar-refractivity contribution in [3.8, 4) is 6.07 Å². The lowest BCUT2D eigenvalue weighted by Crippen LogP contribution is -2.11. The summed E-state index contributed by atoms with van der Waals surface area (Å²) < 4.78 is 3.23. The number of hydrogen-bond donors (Lipinski definition) is 0. The van der Waals surface area contributed by atoms with Crippen LogP contribution in [-0.4, -0.2) is 15.6 Å². The summed E-state index contributed by atoms with van der Waals surface area (Å²) in [5, 5.41) is 8.80. The van der Waals surface area contributed by atoms with Gasteiger partial charge in [0.2, 0.25) is 0 Å². The third-order valence-electron chi connectivity index (χ3n) is 1.95. The van der Waals surface area contributed by atoms with E-state index in [0.29, 0.717) is 11.4 Å². The monoisotopic (exact) mass is 185 g/mol. The standard InChI is InChI=1S/C10H7N3O/c11-7-9-3-1-5-12(9)13-6-2-4-10(13)8-14/h1-6,8H. The number of carbonyl (C=O) groups is 1. The fraction of sp³-hybridized carbons (Fsp3) is 0. The van der Waals surface area contributed by atoms with Crippen molar-refractivity contribution < 1.29 is 4.79 Å². The average molecular weight is 185 g/mol. The predicted octanol–water partition coefficient (Wildman–Crippen LogP) is 1.29.